The topological polar surface area (TPSA) is 66.8 Å². The summed E-state index contributed by atoms with van der Waals surface area (Å²) in [6.07, 6.45) is 0. The molecule has 0 heterocycles. The van der Waals surface area contributed by atoms with Crippen molar-refractivity contribution in [3.05, 3.63) is 59.7 Å². The van der Waals surface area contributed by atoms with Gasteiger partial charge < -0.3 is 14.9 Å². The number of ether oxygens (including phenoxy) is 1. The summed E-state index contributed by atoms with van der Waals surface area (Å²) >= 11 is 0. The molecule has 104 valence electrons. The van der Waals surface area contributed by atoms with E-state index in [-0.39, 0.29) is 18.1 Å². The molecule has 20 heavy (non-hydrogen) atoms. The normalized spacial score (nSPS) is 11.8. The van der Waals surface area contributed by atoms with E-state index >= 15 is 0 Å². The molecule has 0 radical (unpaired) electrons. The Morgan fingerprint density at radius 2 is 1.95 bits per heavy atom. The molecule has 0 aliphatic carbocycles. The number of aromatic hydroxyl groups is 1. The molecule has 0 fully saturated rings. The fourth-order valence-electron chi connectivity index (χ4n) is 1.95. The number of benzene rings is 2. The van der Waals surface area contributed by atoms with Gasteiger partial charge in [0, 0.05) is 0 Å². The third kappa shape index (κ3) is 3.29. The third-order valence-electron chi connectivity index (χ3n) is 3.01. The van der Waals surface area contributed by atoms with Crippen molar-refractivity contribution in [2.45, 2.75) is 12.8 Å². The summed E-state index contributed by atoms with van der Waals surface area (Å²) in [6.45, 7) is 1.88. The van der Waals surface area contributed by atoms with E-state index < -0.39 is 11.9 Å². The molecule has 0 amide bonds. The lowest BCUT2D eigenvalue weighted by Gasteiger charge is -2.15. The van der Waals surface area contributed by atoms with Crippen LogP contribution in [-0.2, 0) is 4.79 Å². The number of para-hydroxylation sites is 2. The van der Waals surface area contributed by atoms with E-state index in [1.54, 1.807) is 24.3 Å². The van der Waals surface area contributed by atoms with Crippen molar-refractivity contribution in [1.82, 2.24) is 0 Å². The third-order valence-corrected chi connectivity index (χ3v) is 3.01. The van der Waals surface area contributed by atoms with Crippen LogP contribution in [0.3, 0.4) is 0 Å². The first-order valence-corrected chi connectivity index (χ1v) is 6.28. The van der Waals surface area contributed by atoms with Crippen LogP contribution < -0.4 is 4.74 Å². The van der Waals surface area contributed by atoms with Crippen molar-refractivity contribution in [2.75, 3.05) is 6.61 Å². The second-order valence-electron chi connectivity index (χ2n) is 4.58. The van der Waals surface area contributed by atoms with E-state index in [9.17, 15) is 15.0 Å². The van der Waals surface area contributed by atoms with Crippen molar-refractivity contribution >= 4 is 5.97 Å². The van der Waals surface area contributed by atoms with Crippen molar-refractivity contribution in [3.63, 3.8) is 0 Å². The van der Waals surface area contributed by atoms with Crippen LogP contribution in [0.25, 0.3) is 0 Å². The van der Waals surface area contributed by atoms with Crippen molar-refractivity contribution in [1.29, 1.82) is 0 Å². The van der Waals surface area contributed by atoms with Crippen LogP contribution in [0.15, 0.2) is 48.5 Å². The zero-order valence-corrected chi connectivity index (χ0v) is 11.1. The summed E-state index contributed by atoms with van der Waals surface area (Å²) < 4.78 is 5.42. The summed E-state index contributed by atoms with van der Waals surface area (Å²) in [5, 5.41) is 18.9. The maximum absolute atomic E-state index is 11.4. The molecule has 0 bridgehead atoms. The van der Waals surface area contributed by atoms with Gasteiger partial charge >= 0.3 is 5.97 Å². The quantitative estimate of drug-likeness (QED) is 0.878. The van der Waals surface area contributed by atoms with Crippen LogP contribution >= 0.6 is 0 Å². The summed E-state index contributed by atoms with van der Waals surface area (Å²) in [4.78, 5) is 11.4. The monoisotopic (exact) mass is 272 g/mol. The van der Waals surface area contributed by atoms with Crippen molar-refractivity contribution in [2.24, 2.45) is 0 Å². The van der Waals surface area contributed by atoms with Crippen LogP contribution in [0, 0.1) is 6.92 Å². The second kappa shape index (κ2) is 6.10. The van der Waals surface area contributed by atoms with Gasteiger partial charge in [-0.25, -0.2) is 0 Å². The lowest BCUT2D eigenvalue weighted by atomic mass is 9.98. The number of rotatable bonds is 5. The molecule has 0 saturated heterocycles. The van der Waals surface area contributed by atoms with E-state index in [1.165, 1.54) is 6.07 Å². The molecule has 1 unspecified atom stereocenters. The van der Waals surface area contributed by atoms with Gasteiger partial charge in [-0.3, -0.25) is 4.79 Å². The lowest BCUT2D eigenvalue weighted by Crippen LogP contribution is -2.19. The van der Waals surface area contributed by atoms with E-state index in [1.807, 2.05) is 25.1 Å². The predicted molar refractivity (Wildman–Crippen MR) is 75.2 cm³/mol. The number of carboxylic acid groups (broad SMARTS) is 1. The number of carbonyl (C=O) groups is 1. The molecule has 4 heteroatoms. The lowest BCUT2D eigenvalue weighted by molar-refractivity contribution is -0.139. The van der Waals surface area contributed by atoms with Crippen LogP contribution in [0.4, 0.5) is 0 Å². The molecular formula is C16H16O4. The van der Waals surface area contributed by atoms with Crippen LogP contribution in [0.1, 0.15) is 17.0 Å². The number of carboxylic acids is 1. The highest BCUT2D eigenvalue weighted by molar-refractivity contribution is 5.76. The molecule has 2 rings (SSSR count). The van der Waals surface area contributed by atoms with E-state index in [0.717, 1.165) is 5.56 Å². The highest BCUT2D eigenvalue weighted by Crippen LogP contribution is 2.26. The SMILES string of the molecule is Cc1cccc(C(COc2ccccc2O)C(=O)O)c1. The smallest absolute Gasteiger partial charge is 0.314 e. The summed E-state index contributed by atoms with van der Waals surface area (Å²) in [5.74, 6) is -1.44. The molecule has 2 aromatic rings. The molecule has 0 aliphatic rings. The van der Waals surface area contributed by atoms with Gasteiger partial charge in [0.05, 0.1) is 0 Å². The zero-order chi connectivity index (χ0) is 14.5. The van der Waals surface area contributed by atoms with Gasteiger partial charge in [0.15, 0.2) is 11.5 Å². The Kier molecular flexibility index (Phi) is 4.25. The number of phenols is 1. The van der Waals surface area contributed by atoms with Gasteiger partial charge in [0.2, 0.25) is 0 Å². The summed E-state index contributed by atoms with van der Waals surface area (Å²) in [6, 6.07) is 13.8. The predicted octanol–water partition coefficient (Wildman–Crippen LogP) is 2.95. The van der Waals surface area contributed by atoms with Crippen molar-refractivity contribution in [3.8, 4) is 11.5 Å². The summed E-state index contributed by atoms with van der Waals surface area (Å²) in [7, 11) is 0. The highest BCUT2D eigenvalue weighted by Gasteiger charge is 2.21. The Hall–Kier alpha value is -2.49. The van der Waals surface area contributed by atoms with E-state index in [0.29, 0.717) is 5.56 Å². The summed E-state index contributed by atoms with van der Waals surface area (Å²) in [5.41, 5.74) is 1.68. The Bertz CT molecular complexity index is 607. The molecule has 4 nitrogen and oxygen atoms in total. The van der Waals surface area contributed by atoms with Gasteiger partial charge in [0.25, 0.3) is 0 Å². The van der Waals surface area contributed by atoms with Crippen LogP contribution in [0.5, 0.6) is 11.5 Å². The van der Waals surface area contributed by atoms with Crippen LogP contribution in [0.2, 0.25) is 0 Å². The number of phenolic OH excluding ortho intramolecular Hbond substituents is 1. The first kappa shape index (κ1) is 13.9. The van der Waals surface area contributed by atoms with Gasteiger partial charge in [-0.2, -0.15) is 0 Å². The highest BCUT2D eigenvalue weighted by atomic mass is 16.5. The van der Waals surface area contributed by atoms with Crippen LogP contribution in [-0.4, -0.2) is 22.8 Å². The van der Waals surface area contributed by atoms with E-state index in [2.05, 4.69) is 0 Å². The number of aryl methyl sites for hydroxylation is 1. The first-order chi connectivity index (χ1) is 9.58. The molecular weight excluding hydrogens is 256 g/mol. The maximum Gasteiger partial charge on any atom is 0.314 e. The average molecular weight is 272 g/mol. The van der Waals surface area contributed by atoms with Crippen molar-refractivity contribution < 1.29 is 19.7 Å². The zero-order valence-electron chi connectivity index (χ0n) is 11.1. The Morgan fingerprint density at radius 3 is 2.60 bits per heavy atom. The van der Waals surface area contributed by atoms with Gasteiger partial charge in [-0.15, -0.1) is 0 Å². The molecule has 2 N–H and O–H groups in total. The molecule has 0 aliphatic heterocycles. The number of aliphatic carboxylic acids is 1. The molecule has 0 saturated carbocycles. The van der Waals surface area contributed by atoms with Gasteiger partial charge in [-0.1, -0.05) is 42.0 Å². The fourth-order valence-corrected chi connectivity index (χ4v) is 1.95. The molecule has 0 aromatic heterocycles. The molecule has 0 spiro atoms. The van der Waals surface area contributed by atoms with Gasteiger partial charge in [0.1, 0.15) is 12.5 Å². The Morgan fingerprint density at radius 1 is 1.20 bits per heavy atom. The maximum atomic E-state index is 11.4. The Labute approximate surface area is 117 Å². The fraction of sp³-hybridized carbons (Fsp3) is 0.188. The minimum Gasteiger partial charge on any atom is -0.504 e. The minimum absolute atomic E-state index is 0.000816. The number of hydrogen-bond acceptors (Lipinski definition) is 3. The second-order valence-corrected chi connectivity index (χ2v) is 4.58. The Balaban J connectivity index is 2.15. The standard InChI is InChI=1S/C16H16O4/c1-11-5-4-6-12(9-11)13(16(18)19)10-20-15-8-3-2-7-14(15)17/h2-9,13,17H,10H2,1H3,(H,18,19). The first-order valence-electron chi connectivity index (χ1n) is 6.28. The molecule has 2 aromatic carbocycles. The largest absolute Gasteiger partial charge is 0.504 e. The van der Waals surface area contributed by atoms with E-state index in [4.69, 9.17) is 4.74 Å². The minimum atomic E-state index is -0.953. The average Bonchev–Trinajstić information content (AvgIpc) is 2.41. The molecule has 1 atom stereocenters. The van der Waals surface area contributed by atoms with Gasteiger partial charge in [-0.05, 0) is 24.6 Å². The number of hydrogen-bond donors (Lipinski definition) is 2.